The molecule has 0 amide bonds. The van der Waals surface area contributed by atoms with Crippen molar-refractivity contribution in [1.29, 1.82) is 0 Å². The second-order valence-corrected chi connectivity index (χ2v) is 4.45. The first kappa shape index (κ1) is 15.5. The highest BCUT2D eigenvalue weighted by molar-refractivity contribution is 5.97. The van der Waals surface area contributed by atoms with Gasteiger partial charge in [0.2, 0.25) is 0 Å². The number of ether oxygens (including phenoxy) is 1. The summed E-state index contributed by atoms with van der Waals surface area (Å²) in [6.07, 6.45) is 0.821. The number of nitrogens with two attached hydrogens (primary N) is 1. The Hall–Kier alpha value is -2.89. The minimum atomic E-state index is -1.28. The maximum absolute atomic E-state index is 14.4. The smallest absolute Gasteiger partial charge is 0.328 e. The zero-order valence-electron chi connectivity index (χ0n) is 11.6. The zero-order chi connectivity index (χ0) is 16.3. The lowest BCUT2D eigenvalue weighted by atomic mass is 9.95. The van der Waals surface area contributed by atoms with Gasteiger partial charge in [-0.3, -0.25) is 0 Å². The third-order valence-corrected chi connectivity index (χ3v) is 3.04. The number of hydrogen-bond donors (Lipinski definition) is 2. The van der Waals surface area contributed by atoms with E-state index in [0.717, 1.165) is 18.2 Å². The lowest BCUT2D eigenvalue weighted by molar-refractivity contribution is -0.131. The number of halogens is 2. The van der Waals surface area contributed by atoms with Crippen molar-refractivity contribution in [1.82, 2.24) is 0 Å². The van der Waals surface area contributed by atoms with Crippen molar-refractivity contribution < 1.29 is 23.4 Å². The number of carboxylic acids is 1. The molecule has 0 aliphatic carbocycles. The molecule has 22 heavy (non-hydrogen) atoms. The second-order valence-electron chi connectivity index (χ2n) is 4.45. The molecule has 0 spiro atoms. The molecular weight excluding hydrogens is 292 g/mol. The number of benzene rings is 2. The molecule has 3 N–H and O–H groups in total. The van der Waals surface area contributed by atoms with Crippen LogP contribution < -0.4 is 10.5 Å². The number of carboxylic acid groups (broad SMARTS) is 1. The van der Waals surface area contributed by atoms with Crippen molar-refractivity contribution in [3.8, 4) is 5.75 Å². The molecular formula is C16H13F2NO3. The van der Waals surface area contributed by atoms with E-state index >= 15 is 0 Å². The monoisotopic (exact) mass is 305 g/mol. The van der Waals surface area contributed by atoms with E-state index in [2.05, 4.69) is 0 Å². The van der Waals surface area contributed by atoms with E-state index in [9.17, 15) is 13.6 Å². The second kappa shape index (κ2) is 6.26. The van der Waals surface area contributed by atoms with Crippen LogP contribution in [-0.2, 0) is 4.79 Å². The molecule has 0 aliphatic rings. The Labute approximate surface area is 125 Å². The van der Waals surface area contributed by atoms with Gasteiger partial charge in [-0.15, -0.1) is 0 Å². The minimum absolute atomic E-state index is 0.0000539. The van der Waals surface area contributed by atoms with Gasteiger partial charge in [0.1, 0.15) is 5.82 Å². The Morgan fingerprint density at radius 3 is 2.55 bits per heavy atom. The van der Waals surface area contributed by atoms with Crippen LogP contribution in [0.4, 0.5) is 14.5 Å². The van der Waals surface area contributed by atoms with Crippen molar-refractivity contribution >= 4 is 17.2 Å². The Morgan fingerprint density at radius 2 is 1.95 bits per heavy atom. The van der Waals surface area contributed by atoms with Crippen LogP contribution in [0.5, 0.6) is 5.75 Å². The Balaban J connectivity index is 2.70. The van der Waals surface area contributed by atoms with Crippen LogP contribution in [0, 0.1) is 11.6 Å². The van der Waals surface area contributed by atoms with Crippen LogP contribution in [-0.4, -0.2) is 18.2 Å². The fourth-order valence-electron chi connectivity index (χ4n) is 2.08. The van der Waals surface area contributed by atoms with E-state index in [1.54, 1.807) is 0 Å². The lowest BCUT2D eigenvalue weighted by Crippen LogP contribution is -2.02. The molecule has 4 nitrogen and oxygen atoms in total. The van der Waals surface area contributed by atoms with E-state index in [0.29, 0.717) is 0 Å². The molecule has 0 aromatic heterocycles. The molecule has 0 bridgehead atoms. The van der Waals surface area contributed by atoms with Gasteiger partial charge < -0.3 is 15.6 Å². The van der Waals surface area contributed by atoms with E-state index in [-0.39, 0.29) is 28.1 Å². The molecule has 2 aromatic rings. The van der Waals surface area contributed by atoms with E-state index in [1.165, 1.54) is 31.4 Å². The zero-order valence-corrected chi connectivity index (χ0v) is 11.6. The molecule has 0 unspecified atom stereocenters. The SMILES string of the molecule is COc1cccc(/C(=C\C(=O)O)c2ccc(F)cc2N)c1F. The van der Waals surface area contributed by atoms with Crippen molar-refractivity contribution in [2.45, 2.75) is 0 Å². The van der Waals surface area contributed by atoms with Crippen molar-refractivity contribution in [2.24, 2.45) is 0 Å². The van der Waals surface area contributed by atoms with Crippen LogP contribution in [0.15, 0.2) is 42.5 Å². The summed E-state index contributed by atoms with van der Waals surface area (Å²) in [5.41, 5.74) is 5.99. The number of methoxy groups -OCH3 is 1. The molecule has 6 heteroatoms. The van der Waals surface area contributed by atoms with Gasteiger partial charge in [-0.05, 0) is 24.3 Å². The fraction of sp³-hybridized carbons (Fsp3) is 0.0625. The summed E-state index contributed by atoms with van der Waals surface area (Å²) >= 11 is 0. The summed E-state index contributed by atoms with van der Waals surface area (Å²) in [5, 5.41) is 9.02. The van der Waals surface area contributed by atoms with Gasteiger partial charge in [-0.1, -0.05) is 12.1 Å². The molecule has 0 saturated carbocycles. The van der Waals surface area contributed by atoms with Crippen LogP contribution in [0.2, 0.25) is 0 Å². The average Bonchev–Trinajstić information content (AvgIpc) is 2.45. The van der Waals surface area contributed by atoms with Crippen LogP contribution in [0.3, 0.4) is 0 Å². The molecule has 2 aromatic carbocycles. The first-order valence-electron chi connectivity index (χ1n) is 6.27. The topological polar surface area (TPSA) is 72.5 Å². The number of aliphatic carboxylic acids is 1. The predicted molar refractivity (Wildman–Crippen MR) is 78.5 cm³/mol. The summed E-state index contributed by atoms with van der Waals surface area (Å²) in [5.74, 6) is -2.60. The van der Waals surface area contributed by atoms with Gasteiger partial charge >= 0.3 is 5.97 Å². The average molecular weight is 305 g/mol. The number of hydrogen-bond acceptors (Lipinski definition) is 3. The highest BCUT2D eigenvalue weighted by Crippen LogP contribution is 2.33. The normalized spacial score (nSPS) is 11.3. The van der Waals surface area contributed by atoms with Gasteiger partial charge in [0, 0.05) is 28.5 Å². The molecule has 0 atom stereocenters. The molecule has 0 fully saturated rings. The highest BCUT2D eigenvalue weighted by atomic mass is 19.1. The number of anilines is 1. The molecule has 0 saturated heterocycles. The van der Waals surface area contributed by atoms with E-state index in [4.69, 9.17) is 15.6 Å². The van der Waals surface area contributed by atoms with Gasteiger partial charge in [0.15, 0.2) is 11.6 Å². The molecule has 2 rings (SSSR count). The predicted octanol–water partition coefficient (Wildman–Crippen LogP) is 3.07. The van der Waals surface area contributed by atoms with Crippen LogP contribution >= 0.6 is 0 Å². The molecule has 114 valence electrons. The summed E-state index contributed by atoms with van der Waals surface area (Å²) in [7, 11) is 1.30. The first-order valence-corrected chi connectivity index (χ1v) is 6.27. The quantitative estimate of drug-likeness (QED) is 0.672. The van der Waals surface area contributed by atoms with Crippen molar-refractivity contribution in [3.63, 3.8) is 0 Å². The summed E-state index contributed by atoms with van der Waals surface area (Å²) in [4.78, 5) is 11.1. The summed E-state index contributed by atoms with van der Waals surface area (Å²) in [6.45, 7) is 0. The summed E-state index contributed by atoms with van der Waals surface area (Å²) < 4.78 is 32.4. The number of rotatable bonds is 4. The lowest BCUT2D eigenvalue weighted by Gasteiger charge is -2.13. The standard InChI is InChI=1S/C16H13F2NO3/c1-22-14-4-2-3-11(16(14)18)12(8-15(20)21)10-6-5-9(17)7-13(10)19/h2-8H,19H2,1H3,(H,20,21)/b12-8-. The maximum Gasteiger partial charge on any atom is 0.328 e. The van der Waals surface area contributed by atoms with Gasteiger partial charge in [-0.25, -0.2) is 13.6 Å². The molecule has 0 aliphatic heterocycles. The largest absolute Gasteiger partial charge is 0.494 e. The Morgan fingerprint density at radius 1 is 1.23 bits per heavy atom. The van der Waals surface area contributed by atoms with Crippen LogP contribution in [0.25, 0.3) is 5.57 Å². The van der Waals surface area contributed by atoms with Crippen molar-refractivity contribution in [2.75, 3.05) is 12.8 Å². The maximum atomic E-state index is 14.4. The Kier molecular flexibility index (Phi) is 4.41. The highest BCUT2D eigenvalue weighted by Gasteiger charge is 2.17. The van der Waals surface area contributed by atoms with Crippen LogP contribution in [0.1, 0.15) is 11.1 Å². The van der Waals surface area contributed by atoms with Gasteiger partial charge in [0.25, 0.3) is 0 Å². The molecule has 0 radical (unpaired) electrons. The van der Waals surface area contributed by atoms with Gasteiger partial charge in [-0.2, -0.15) is 0 Å². The minimum Gasteiger partial charge on any atom is -0.494 e. The third kappa shape index (κ3) is 3.06. The number of nitrogen functional groups attached to an aromatic ring is 1. The Bertz CT molecular complexity index is 757. The molecule has 0 heterocycles. The fourth-order valence-corrected chi connectivity index (χ4v) is 2.08. The number of carbonyl (C=O) groups is 1. The van der Waals surface area contributed by atoms with Crippen molar-refractivity contribution in [3.05, 3.63) is 65.2 Å². The third-order valence-electron chi connectivity index (χ3n) is 3.04. The van der Waals surface area contributed by atoms with Gasteiger partial charge in [0.05, 0.1) is 7.11 Å². The van der Waals surface area contributed by atoms with E-state index < -0.39 is 17.6 Å². The first-order chi connectivity index (χ1) is 10.4. The summed E-state index contributed by atoms with van der Waals surface area (Å²) in [6, 6.07) is 7.80. The van der Waals surface area contributed by atoms with E-state index in [1.807, 2.05) is 0 Å².